The number of ether oxygens (including phenoxy) is 7. The van der Waals surface area contributed by atoms with Gasteiger partial charge < -0.3 is 33.2 Å². The highest BCUT2D eigenvalue weighted by molar-refractivity contribution is 5.69. The van der Waals surface area contributed by atoms with Crippen LogP contribution in [0.15, 0.2) is 0 Å². The van der Waals surface area contributed by atoms with E-state index in [0.717, 1.165) is 90.4 Å². The van der Waals surface area contributed by atoms with Crippen LogP contribution in [0, 0.1) is 52.3 Å². The van der Waals surface area contributed by atoms with E-state index in [1.165, 1.54) is 45.6 Å². The van der Waals surface area contributed by atoms with Crippen molar-refractivity contribution in [1.82, 2.24) is 0 Å². The minimum atomic E-state index is -0.118. The van der Waals surface area contributed by atoms with Gasteiger partial charge in [-0.3, -0.25) is 4.79 Å². The van der Waals surface area contributed by atoms with Gasteiger partial charge in [0.05, 0.1) is 25.4 Å². The van der Waals surface area contributed by atoms with Crippen LogP contribution in [-0.2, 0) is 38.0 Å². The van der Waals surface area contributed by atoms with Crippen molar-refractivity contribution in [2.45, 2.75) is 180 Å². The summed E-state index contributed by atoms with van der Waals surface area (Å²) in [5.41, 5.74) is 0.170. The minimum Gasteiger partial charge on any atom is -0.469 e. The predicted octanol–water partition coefficient (Wildman–Crippen LogP) is 8.83. The molecule has 13 unspecified atom stereocenters. The summed E-state index contributed by atoms with van der Waals surface area (Å²) in [5, 5.41) is 0. The molecule has 3 aliphatic heterocycles. The predicted molar refractivity (Wildman–Crippen MR) is 191 cm³/mol. The molecule has 0 spiro atoms. The van der Waals surface area contributed by atoms with Crippen molar-refractivity contribution < 1.29 is 38.0 Å². The first-order valence-corrected chi connectivity index (χ1v) is 21.1. The molecule has 286 valence electrons. The summed E-state index contributed by atoms with van der Waals surface area (Å²) in [6.07, 6.45) is 19.5. The van der Waals surface area contributed by atoms with Crippen LogP contribution in [-0.4, -0.2) is 70.1 Å². The number of carbonyl (C=O) groups is 1. The summed E-state index contributed by atoms with van der Waals surface area (Å²) in [7, 11) is 1.51. The third-order valence-corrected chi connectivity index (χ3v) is 15.6. The van der Waals surface area contributed by atoms with Crippen molar-refractivity contribution in [3.05, 3.63) is 0 Å². The van der Waals surface area contributed by atoms with Gasteiger partial charge in [-0.15, -0.1) is 0 Å². The lowest BCUT2D eigenvalue weighted by Crippen LogP contribution is -2.66. The van der Waals surface area contributed by atoms with Gasteiger partial charge in [0.25, 0.3) is 0 Å². The quantitative estimate of drug-likeness (QED) is 0.156. The van der Waals surface area contributed by atoms with Gasteiger partial charge in [-0.2, -0.15) is 0 Å². The van der Waals surface area contributed by atoms with Gasteiger partial charge in [-0.05, 0) is 150 Å². The molecule has 3 saturated heterocycles. The van der Waals surface area contributed by atoms with Crippen molar-refractivity contribution in [2.24, 2.45) is 52.3 Å². The molecule has 7 aliphatic rings. The normalized spacial score (nSPS) is 47.1. The van der Waals surface area contributed by atoms with Crippen molar-refractivity contribution in [1.29, 1.82) is 0 Å². The van der Waals surface area contributed by atoms with Crippen molar-refractivity contribution in [3.8, 4) is 0 Å². The summed E-state index contributed by atoms with van der Waals surface area (Å²) in [6.45, 7) is 12.5. The van der Waals surface area contributed by atoms with E-state index < -0.39 is 0 Å². The summed E-state index contributed by atoms with van der Waals surface area (Å²) in [5.74, 6) is 3.22. The monoisotopic (exact) mass is 703 g/mol. The van der Waals surface area contributed by atoms with Gasteiger partial charge in [-0.1, -0.05) is 34.1 Å². The lowest BCUT2D eigenvalue weighted by molar-refractivity contribution is -0.302. The Morgan fingerprint density at radius 1 is 0.760 bits per heavy atom. The van der Waals surface area contributed by atoms with Crippen molar-refractivity contribution >= 4 is 5.97 Å². The summed E-state index contributed by atoms with van der Waals surface area (Å²) < 4.78 is 45.3. The molecule has 7 fully saturated rings. The zero-order chi connectivity index (χ0) is 34.9. The van der Waals surface area contributed by atoms with Crippen LogP contribution in [0.1, 0.15) is 143 Å². The van der Waals surface area contributed by atoms with Gasteiger partial charge in [0.15, 0.2) is 18.9 Å². The Labute approximate surface area is 303 Å². The number of fused-ring (bicyclic) bond motifs is 5. The lowest BCUT2D eigenvalue weighted by Gasteiger charge is -2.67. The number of rotatable bonds is 11. The summed E-state index contributed by atoms with van der Waals surface area (Å²) in [6, 6.07) is 0. The first-order valence-electron chi connectivity index (χ1n) is 21.1. The van der Waals surface area contributed by atoms with E-state index in [-0.39, 0.29) is 54.0 Å². The van der Waals surface area contributed by atoms with Gasteiger partial charge >= 0.3 is 5.97 Å². The van der Waals surface area contributed by atoms with E-state index in [4.69, 9.17) is 33.2 Å². The van der Waals surface area contributed by atoms with Crippen LogP contribution in [0.3, 0.4) is 0 Å². The second-order valence-corrected chi connectivity index (χ2v) is 18.0. The Bertz CT molecular complexity index is 1100. The van der Waals surface area contributed by atoms with Crippen molar-refractivity contribution in [3.63, 3.8) is 0 Å². The maximum Gasteiger partial charge on any atom is 0.305 e. The van der Waals surface area contributed by atoms with E-state index >= 15 is 0 Å². The molecule has 3 heterocycles. The van der Waals surface area contributed by atoms with E-state index in [1.54, 1.807) is 0 Å². The molecule has 7 rings (SSSR count). The van der Waals surface area contributed by atoms with Crippen LogP contribution in [0.4, 0.5) is 0 Å². The van der Waals surface area contributed by atoms with Crippen molar-refractivity contribution in [2.75, 3.05) is 26.9 Å². The van der Waals surface area contributed by atoms with E-state index in [9.17, 15) is 4.79 Å². The molecule has 0 amide bonds. The second kappa shape index (κ2) is 16.3. The third-order valence-electron chi connectivity index (χ3n) is 15.6. The van der Waals surface area contributed by atoms with Gasteiger partial charge in [0, 0.05) is 31.7 Å². The molecule has 0 aromatic rings. The molecular formula is C42H70O8. The fourth-order valence-electron chi connectivity index (χ4n) is 13.0. The largest absolute Gasteiger partial charge is 0.469 e. The Hall–Kier alpha value is -0.770. The third kappa shape index (κ3) is 7.34. The molecular weight excluding hydrogens is 632 g/mol. The molecule has 4 saturated carbocycles. The fraction of sp³-hybridized carbons (Fsp3) is 0.976. The number of esters is 1. The second-order valence-electron chi connectivity index (χ2n) is 18.0. The topological polar surface area (TPSA) is 81.7 Å². The average Bonchev–Trinajstić information content (AvgIpc) is 3.50. The Morgan fingerprint density at radius 3 is 2.00 bits per heavy atom. The van der Waals surface area contributed by atoms with Gasteiger partial charge in [-0.25, -0.2) is 0 Å². The smallest absolute Gasteiger partial charge is 0.305 e. The Kier molecular flexibility index (Phi) is 12.2. The zero-order valence-corrected chi connectivity index (χ0v) is 32.1. The molecule has 8 nitrogen and oxygen atoms in total. The molecule has 8 heteroatoms. The molecule has 0 aromatic carbocycles. The number of methoxy groups -OCH3 is 1. The standard InChI is InChI=1S/C42H70O8/c1-6-29-32-25-28(48-36-13-7-10-22-45-36)20-21-41(32,3)33-26-34(49-37-14-8-11-23-46-37)42(4)30(27(2)16-19-35(43)44-5)17-18-31(42)39(33)40(29)50-38-15-9-12-24-47-38/h27-34,36-40H,6-26H2,1-5H3/t27?,28?,29?,30?,31?,32?,33?,34?,36?,37?,38?,39?,40?,41-,42+/m0/s1. The maximum absolute atomic E-state index is 12.3. The first kappa shape index (κ1) is 37.5. The average molecular weight is 703 g/mol. The highest BCUT2D eigenvalue weighted by atomic mass is 16.7. The summed E-state index contributed by atoms with van der Waals surface area (Å²) >= 11 is 0. The van der Waals surface area contributed by atoms with Crippen LogP contribution in [0.25, 0.3) is 0 Å². The molecule has 50 heavy (non-hydrogen) atoms. The van der Waals surface area contributed by atoms with Gasteiger partial charge in [0.1, 0.15) is 0 Å². The Morgan fingerprint density at radius 2 is 1.40 bits per heavy atom. The SMILES string of the molecule is CCC1C(OC2CCCCO2)C2C(CC(OC3CCCCO3)[C@]3(C)C(C(C)CCC(=O)OC)CCC23)[C@@]2(C)CCC(OC3CCCCO3)CC12. The molecule has 0 bridgehead atoms. The minimum absolute atomic E-state index is 0.0212. The molecule has 0 N–H and O–H groups in total. The highest BCUT2D eigenvalue weighted by Crippen LogP contribution is 2.71. The zero-order valence-electron chi connectivity index (χ0n) is 32.1. The number of carbonyl (C=O) groups excluding carboxylic acids is 1. The molecule has 15 atom stereocenters. The highest BCUT2D eigenvalue weighted by Gasteiger charge is 2.69. The van der Waals surface area contributed by atoms with Crippen LogP contribution < -0.4 is 0 Å². The van der Waals surface area contributed by atoms with E-state index in [2.05, 4.69) is 27.7 Å². The van der Waals surface area contributed by atoms with Crippen LogP contribution >= 0.6 is 0 Å². The van der Waals surface area contributed by atoms with Crippen LogP contribution in [0.5, 0.6) is 0 Å². The molecule has 0 radical (unpaired) electrons. The number of hydrogen-bond donors (Lipinski definition) is 0. The van der Waals surface area contributed by atoms with E-state index in [1.807, 2.05) is 0 Å². The van der Waals surface area contributed by atoms with Crippen LogP contribution in [0.2, 0.25) is 0 Å². The Balaban J connectivity index is 1.23. The molecule has 4 aliphatic carbocycles. The van der Waals surface area contributed by atoms with Gasteiger partial charge in [0.2, 0.25) is 0 Å². The summed E-state index contributed by atoms with van der Waals surface area (Å²) in [4.78, 5) is 12.3. The lowest BCUT2D eigenvalue weighted by atomic mass is 9.40. The maximum atomic E-state index is 12.3. The first-order chi connectivity index (χ1) is 24.3. The molecule has 0 aromatic heterocycles. The fourth-order valence-corrected chi connectivity index (χ4v) is 13.0. The number of hydrogen-bond acceptors (Lipinski definition) is 8. The van der Waals surface area contributed by atoms with E-state index in [0.29, 0.717) is 47.8 Å².